The fourth-order valence-electron chi connectivity index (χ4n) is 5.21. The Bertz CT molecular complexity index is 1460. The molecule has 0 saturated heterocycles. The summed E-state index contributed by atoms with van der Waals surface area (Å²) in [5.74, 6) is 0.494. The van der Waals surface area contributed by atoms with Gasteiger partial charge in [-0.3, -0.25) is 10.00 Å². The van der Waals surface area contributed by atoms with Crippen molar-refractivity contribution in [2.24, 2.45) is 5.92 Å². The molecule has 188 valence electrons. The number of anilines is 1. The molecular weight excluding hydrogens is 464 g/mol. The van der Waals surface area contributed by atoms with Crippen LogP contribution in [-0.4, -0.2) is 31.5 Å². The van der Waals surface area contributed by atoms with E-state index in [0.717, 1.165) is 60.8 Å². The predicted octanol–water partition coefficient (Wildman–Crippen LogP) is 6.09. The predicted molar refractivity (Wildman–Crippen MR) is 141 cm³/mol. The molecule has 4 aromatic rings. The highest BCUT2D eigenvalue weighted by Crippen LogP contribution is 2.43. The Kier molecular flexibility index (Phi) is 6.13. The minimum atomic E-state index is -0.424. The maximum Gasteiger partial charge on any atom is 0.411 e. The number of carbonyl (C=O) groups excluding carboxylic acids is 1. The summed E-state index contributed by atoms with van der Waals surface area (Å²) in [7, 11) is 0. The number of nitrogens with one attached hydrogen (secondary N) is 1. The maximum absolute atomic E-state index is 12.3. The van der Waals surface area contributed by atoms with Crippen molar-refractivity contribution in [1.82, 2.24) is 19.3 Å². The molecule has 0 radical (unpaired) electrons. The van der Waals surface area contributed by atoms with E-state index < -0.39 is 6.09 Å². The molecule has 2 aliphatic rings. The Morgan fingerprint density at radius 1 is 1.19 bits per heavy atom. The van der Waals surface area contributed by atoms with Gasteiger partial charge in [0.1, 0.15) is 24.8 Å². The number of hydrogen-bond donors (Lipinski definition) is 1. The minimum Gasteiger partial charge on any atom is -0.446 e. The molecule has 8 nitrogen and oxygen atoms in total. The van der Waals surface area contributed by atoms with Crippen LogP contribution in [-0.2, 0) is 17.7 Å². The molecular formula is C29H30N6O2. The van der Waals surface area contributed by atoms with Crippen LogP contribution in [0.5, 0.6) is 0 Å². The van der Waals surface area contributed by atoms with Crippen LogP contribution in [0.15, 0.2) is 55.1 Å². The molecule has 2 saturated carbocycles. The van der Waals surface area contributed by atoms with Gasteiger partial charge >= 0.3 is 6.09 Å². The molecule has 2 aromatic heterocycles. The van der Waals surface area contributed by atoms with Crippen LogP contribution in [0, 0.1) is 17.2 Å². The highest BCUT2D eigenvalue weighted by atomic mass is 16.6. The summed E-state index contributed by atoms with van der Waals surface area (Å²) in [6.07, 6.45) is 9.30. The number of nitriles is 1. The van der Waals surface area contributed by atoms with Gasteiger partial charge in [-0.15, -0.1) is 0 Å². The SMILES string of the molecule is CC(OC(=O)Nc1ccc(-c2c(C#N)c3ccc(CCn4cncn4)cc3n2C2CCC2)cc1)C1CC1. The lowest BCUT2D eigenvalue weighted by molar-refractivity contribution is 0.108. The number of rotatable bonds is 8. The summed E-state index contributed by atoms with van der Waals surface area (Å²) in [6, 6.07) is 17.0. The molecule has 2 heterocycles. The molecule has 0 spiro atoms. The smallest absolute Gasteiger partial charge is 0.411 e. The minimum absolute atomic E-state index is 0.0586. The monoisotopic (exact) mass is 494 g/mol. The van der Waals surface area contributed by atoms with Crippen molar-refractivity contribution < 1.29 is 9.53 Å². The van der Waals surface area contributed by atoms with Crippen LogP contribution < -0.4 is 5.32 Å². The average Bonchev–Trinajstić information content (AvgIpc) is 3.51. The van der Waals surface area contributed by atoms with E-state index >= 15 is 0 Å². The molecule has 1 unspecified atom stereocenters. The molecule has 37 heavy (non-hydrogen) atoms. The Morgan fingerprint density at radius 2 is 2.00 bits per heavy atom. The summed E-state index contributed by atoms with van der Waals surface area (Å²) in [5.41, 5.74) is 5.60. The number of ether oxygens (including phenoxy) is 1. The van der Waals surface area contributed by atoms with Gasteiger partial charge in [0.25, 0.3) is 0 Å². The van der Waals surface area contributed by atoms with Crippen molar-refractivity contribution >= 4 is 22.7 Å². The zero-order chi connectivity index (χ0) is 25.4. The van der Waals surface area contributed by atoms with Crippen molar-refractivity contribution in [3.8, 4) is 17.3 Å². The number of hydrogen-bond acceptors (Lipinski definition) is 5. The highest BCUT2D eigenvalue weighted by Gasteiger charge is 2.31. The number of nitrogens with zero attached hydrogens (tertiary/aromatic N) is 5. The van der Waals surface area contributed by atoms with Crippen molar-refractivity contribution in [2.75, 3.05) is 5.32 Å². The third kappa shape index (κ3) is 4.69. The van der Waals surface area contributed by atoms with Crippen molar-refractivity contribution in [3.05, 3.63) is 66.2 Å². The first kappa shape index (κ1) is 23.3. The highest BCUT2D eigenvalue weighted by molar-refractivity contribution is 5.95. The van der Waals surface area contributed by atoms with Crippen molar-refractivity contribution in [2.45, 2.75) is 64.1 Å². The van der Waals surface area contributed by atoms with Gasteiger partial charge in [0, 0.05) is 23.7 Å². The van der Waals surface area contributed by atoms with E-state index in [0.29, 0.717) is 23.2 Å². The van der Waals surface area contributed by atoms with E-state index in [9.17, 15) is 10.1 Å². The molecule has 6 rings (SSSR count). The third-order valence-electron chi connectivity index (χ3n) is 7.70. The number of aromatic nitrogens is 4. The first-order chi connectivity index (χ1) is 18.1. The summed E-state index contributed by atoms with van der Waals surface area (Å²) < 4.78 is 9.69. The van der Waals surface area contributed by atoms with Crippen molar-refractivity contribution in [3.63, 3.8) is 0 Å². The van der Waals surface area contributed by atoms with Gasteiger partial charge in [0.05, 0.1) is 16.8 Å². The third-order valence-corrected chi connectivity index (χ3v) is 7.70. The largest absolute Gasteiger partial charge is 0.446 e. The van der Waals surface area contributed by atoms with Crippen molar-refractivity contribution in [1.29, 1.82) is 5.26 Å². The van der Waals surface area contributed by atoms with Crippen LogP contribution in [0.4, 0.5) is 10.5 Å². The molecule has 1 amide bonds. The zero-order valence-corrected chi connectivity index (χ0v) is 20.9. The van der Waals surface area contributed by atoms with Crippen LogP contribution in [0.25, 0.3) is 22.2 Å². The molecule has 0 bridgehead atoms. The van der Waals surface area contributed by atoms with Gasteiger partial charge in [0.2, 0.25) is 0 Å². The van der Waals surface area contributed by atoms with E-state index in [2.05, 4.69) is 44.2 Å². The molecule has 1 N–H and O–H groups in total. The van der Waals surface area contributed by atoms with Gasteiger partial charge in [-0.1, -0.05) is 24.3 Å². The van der Waals surface area contributed by atoms with E-state index in [4.69, 9.17) is 4.74 Å². The Hall–Kier alpha value is -4.12. The molecule has 2 aliphatic carbocycles. The average molecular weight is 495 g/mol. The Labute approximate surface area is 215 Å². The van der Waals surface area contributed by atoms with Gasteiger partial charge in [-0.2, -0.15) is 10.4 Å². The molecule has 0 aliphatic heterocycles. The Balaban J connectivity index is 1.30. The summed E-state index contributed by atoms with van der Waals surface area (Å²) in [6.45, 7) is 2.70. The second-order valence-electron chi connectivity index (χ2n) is 10.2. The van der Waals surface area contributed by atoms with Crippen LogP contribution in [0.2, 0.25) is 0 Å². The quantitative estimate of drug-likeness (QED) is 0.320. The van der Waals surface area contributed by atoms with Crippen LogP contribution in [0.1, 0.15) is 56.2 Å². The van der Waals surface area contributed by atoms with E-state index in [1.54, 1.807) is 12.7 Å². The summed E-state index contributed by atoms with van der Waals surface area (Å²) >= 11 is 0. The van der Waals surface area contributed by atoms with Gasteiger partial charge < -0.3 is 9.30 Å². The normalized spacial score (nSPS) is 16.2. The van der Waals surface area contributed by atoms with Crippen LogP contribution in [0.3, 0.4) is 0 Å². The standard InChI is InChI=1S/C29H30N6O2/c1-19(21-6-7-21)37-29(36)33-23-10-8-22(9-11-23)28-26(16-30)25-12-5-20(13-14-34-18-31-17-32-34)15-27(25)35(28)24-3-2-4-24/h5,8-12,15,17-19,21,24H,2-4,6-7,13-14H2,1H3,(H,33,36). The zero-order valence-electron chi connectivity index (χ0n) is 20.9. The lowest BCUT2D eigenvalue weighted by atomic mass is 9.92. The molecule has 8 heteroatoms. The maximum atomic E-state index is 12.3. The van der Waals surface area contributed by atoms with Crippen LogP contribution >= 0.6 is 0 Å². The number of aryl methyl sites for hydroxylation is 2. The molecule has 2 aromatic carbocycles. The fraction of sp³-hybridized carbons (Fsp3) is 0.379. The number of benzene rings is 2. The topological polar surface area (TPSA) is 97.8 Å². The first-order valence-corrected chi connectivity index (χ1v) is 13.1. The number of carbonyl (C=O) groups is 1. The van der Waals surface area contributed by atoms with Gasteiger partial charge in [-0.25, -0.2) is 9.78 Å². The fourth-order valence-corrected chi connectivity index (χ4v) is 5.21. The van der Waals surface area contributed by atoms with E-state index in [1.165, 1.54) is 12.0 Å². The Morgan fingerprint density at radius 3 is 2.65 bits per heavy atom. The first-order valence-electron chi connectivity index (χ1n) is 13.1. The number of fused-ring (bicyclic) bond motifs is 1. The second kappa shape index (κ2) is 9.74. The molecule has 2 fully saturated rings. The lowest BCUT2D eigenvalue weighted by Crippen LogP contribution is -2.21. The second-order valence-corrected chi connectivity index (χ2v) is 10.2. The lowest BCUT2D eigenvalue weighted by Gasteiger charge is -2.30. The summed E-state index contributed by atoms with van der Waals surface area (Å²) in [5, 5.41) is 18.2. The molecule has 1 atom stereocenters. The number of amides is 1. The summed E-state index contributed by atoms with van der Waals surface area (Å²) in [4.78, 5) is 16.3. The van der Waals surface area contributed by atoms with E-state index in [-0.39, 0.29) is 6.10 Å². The van der Waals surface area contributed by atoms with Gasteiger partial charge in [-0.05, 0) is 80.7 Å². The van der Waals surface area contributed by atoms with Gasteiger partial charge in [0.15, 0.2) is 0 Å². The van der Waals surface area contributed by atoms with E-state index in [1.807, 2.05) is 35.9 Å².